The number of carbonyl (C=O) groups is 2. The molecule has 1 N–H and O–H groups in total. The van der Waals surface area contributed by atoms with Crippen molar-refractivity contribution in [1.82, 2.24) is 9.97 Å². The highest BCUT2D eigenvalue weighted by atomic mass is 16.5. The van der Waals surface area contributed by atoms with Gasteiger partial charge < -0.3 is 14.6 Å². The number of nitrogens with one attached hydrogen (secondary N) is 1. The Morgan fingerprint density at radius 3 is 2.52 bits per heavy atom. The molecule has 7 nitrogen and oxygen atoms in total. The van der Waals surface area contributed by atoms with Gasteiger partial charge in [0.05, 0.1) is 17.3 Å². The SMILES string of the molecule is CCN(C(=O)[C@H](C)OC(=O)CCc1nc2ccccc2c(=O)[nH]1)c1ccccc1. The number of amides is 1. The van der Waals surface area contributed by atoms with Crippen molar-refractivity contribution in [3.05, 3.63) is 70.8 Å². The van der Waals surface area contributed by atoms with Crippen LogP contribution in [-0.4, -0.2) is 34.5 Å². The number of nitrogens with zero attached hydrogens (tertiary/aromatic N) is 2. The van der Waals surface area contributed by atoms with Gasteiger partial charge in [0.25, 0.3) is 11.5 Å². The van der Waals surface area contributed by atoms with Crippen molar-refractivity contribution in [3.63, 3.8) is 0 Å². The minimum Gasteiger partial charge on any atom is -0.453 e. The largest absolute Gasteiger partial charge is 0.453 e. The molecule has 0 spiro atoms. The molecule has 1 aromatic heterocycles. The molecule has 0 aliphatic rings. The van der Waals surface area contributed by atoms with Crippen LogP contribution < -0.4 is 10.5 Å². The van der Waals surface area contributed by atoms with Gasteiger partial charge in [-0.15, -0.1) is 0 Å². The molecule has 0 bridgehead atoms. The van der Waals surface area contributed by atoms with Crippen LogP contribution in [-0.2, 0) is 20.7 Å². The van der Waals surface area contributed by atoms with E-state index in [-0.39, 0.29) is 24.3 Å². The zero-order chi connectivity index (χ0) is 20.8. The van der Waals surface area contributed by atoms with E-state index in [1.54, 1.807) is 36.1 Å². The summed E-state index contributed by atoms with van der Waals surface area (Å²) in [5, 5.41) is 0.499. The summed E-state index contributed by atoms with van der Waals surface area (Å²) in [4.78, 5) is 45.6. The first kappa shape index (κ1) is 20.3. The highest BCUT2D eigenvalue weighted by Gasteiger charge is 2.24. The Bertz CT molecular complexity index is 1060. The fraction of sp³-hybridized carbons (Fsp3) is 0.273. The van der Waals surface area contributed by atoms with E-state index in [2.05, 4.69) is 9.97 Å². The zero-order valence-electron chi connectivity index (χ0n) is 16.4. The fourth-order valence-electron chi connectivity index (χ4n) is 3.07. The molecule has 1 heterocycles. The van der Waals surface area contributed by atoms with Gasteiger partial charge in [-0.05, 0) is 38.1 Å². The lowest BCUT2D eigenvalue weighted by Gasteiger charge is -2.24. The number of likely N-dealkylation sites (N-methyl/N-ethyl adjacent to an activating group) is 1. The molecule has 2 aromatic carbocycles. The number of rotatable bonds is 7. The summed E-state index contributed by atoms with van der Waals surface area (Å²) in [6.07, 6.45) is -0.682. The number of aryl methyl sites for hydroxylation is 1. The lowest BCUT2D eigenvalue weighted by molar-refractivity contribution is -0.153. The molecule has 0 fully saturated rings. The number of benzene rings is 2. The van der Waals surface area contributed by atoms with E-state index in [9.17, 15) is 14.4 Å². The van der Waals surface area contributed by atoms with E-state index in [4.69, 9.17) is 4.74 Å². The second-order valence-electron chi connectivity index (χ2n) is 6.58. The second-order valence-corrected chi connectivity index (χ2v) is 6.58. The first-order chi connectivity index (χ1) is 14.0. The number of H-pyrrole nitrogens is 1. The van der Waals surface area contributed by atoms with E-state index in [0.717, 1.165) is 5.69 Å². The molecule has 0 radical (unpaired) electrons. The van der Waals surface area contributed by atoms with Crippen LogP contribution in [0.2, 0.25) is 0 Å². The van der Waals surface area contributed by atoms with Gasteiger partial charge >= 0.3 is 5.97 Å². The van der Waals surface area contributed by atoms with Crippen molar-refractivity contribution in [2.24, 2.45) is 0 Å². The van der Waals surface area contributed by atoms with Gasteiger partial charge in [0.2, 0.25) is 0 Å². The van der Waals surface area contributed by atoms with Crippen LogP contribution in [0.4, 0.5) is 5.69 Å². The van der Waals surface area contributed by atoms with Crippen molar-refractivity contribution in [1.29, 1.82) is 0 Å². The van der Waals surface area contributed by atoms with Crippen molar-refractivity contribution in [3.8, 4) is 0 Å². The average molecular weight is 393 g/mol. The summed E-state index contributed by atoms with van der Waals surface area (Å²) < 4.78 is 5.31. The third-order valence-corrected chi connectivity index (χ3v) is 4.53. The molecule has 7 heteroatoms. The topological polar surface area (TPSA) is 92.4 Å². The van der Waals surface area contributed by atoms with Gasteiger partial charge in [0, 0.05) is 18.7 Å². The predicted molar refractivity (Wildman–Crippen MR) is 111 cm³/mol. The molecular formula is C22H23N3O4. The molecule has 0 aliphatic heterocycles. The van der Waals surface area contributed by atoms with Crippen LogP contribution in [0.5, 0.6) is 0 Å². The van der Waals surface area contributed by atoms with Crippen LogP contribution in [0, 0.1) is 0 Å². The number of carbonyl (C=O) groups excluding carboxylic acids is 2. The quantitative estimate of drug-likeness (QED) is 0.623. The highest BCUT2D eigenvalue weighted by molar-refractivity contribution is 5.97. The minimum atomic E-state index is -0.911. The first-order valence-electron chi connectivity index (χ1n) is 9.53. The van der Waals surface area contributed by atoms with Gasteiger partial charge in [-0.2, -0.15) is 0 Å². The van der Waals surface area contributed by atoms with Gasteiger partial charge in [-0.3, -0.25) is 14.4 Å². The van der Waals surface area contributed by atoms with E-state index in [0.29, 0.717) is 23.3 Å². The lowest BCUT2D eigenvalue weighted by Crippen LogP contribution is -2.40. The number of fused-ring (bicyclic) bond motifs is 1. The normalized spacial score (nSPS) is 11.8. The number of aromatic nitrogens is 2. The van der Waals surface area contributed by atoms with Crippen LogP contribution >= 0.6 is 0 Å². The Morgan fingerprint density at radius 1 is 1.10 bits per heavy atom. The molecule has 150 valence electrons. The number of para-hydroxylation sites is 2. The summed E-state index contributed by atoms with van der Waals surface area (Å²) in [6, 6.07) is 16.2. The fourth-order valence-corrected chi connectivity index (χ4v) is 3.07. The van der Waals surface area contributed by atoms with Gasteiger partial charge in [-0.25, -0.2) is 4.98 Å². The summed E-state index contributed by atoms with van der Waals surface area (Å²) in [6.45, 7) is 3.89. The molecule has 0 saturated heterocycles. The standard InChI is InChI=1S/C22H23N3O4/c1-3-25(16-9-5-4-6-10-16)22(28)15(2)29-20(26)14-13-19-23-18-12-8-7-11-17(18)21(27)24-19/h4-12,15H,3,13-14H2,1-2H3,(H,23,24,27)/t15-/m0/s1. The molecule has 1 atom stereocenters. The summed E-state index contributed by atoms with van der Waals surface area (Å²) in [7, 11) is 0. The summed E-state index contributed by atoms with van der Waals surface area (Å²) >= 11 is 0. The molecule has 1 amide bonds. The number of hydrogen-bond acceptors (Lipinski definition) is 5. The summed E-state index contributed by atoms with van der Waals surface area (Å²) in [5.41, 5.74) is 1.08. The van der Waals surface area contributed by atoms with Crippen LogP contribution in [0.15, 0.2) is 59.4 Å². The van der Waals surface area contributed by atoms with E-state index in [1.165, 1.54) is 0 Å². The molecular weight excluding hydrogens is 370 g/mol. The predicted octanol–water partition coefficient (Wildman–Crippen LogP) is 2.84. The van der Waals surface area contributed by atoms with E-state index < -0.39 is 12.1 Å². The molecule has 29 heavy (non-hydrogen) atoms. The van der Waals surface area contributed by atoms with E-state index in [1.807, 2.05) is 37.3 Å². The number of aromatic amines is 1. The number of anilines is 1. The Balaban J connectivity index is 1.60. The Kier molecular flexibility index (Phi) is 6.39. The zero-order valence-corrected chi connectivity index (χ0v) is 16.4. The lowest BCUT2D eigenvalue weighted by atomic mass is 10.2. The molecule has 3 rings (SSSR count). The van der Waals surface area contributed by atoms with Gasteiger partial charge in [0.1, 0.15) is 5.82 Å². The van der Waals surface area contributed by atoms with Crippen LogP contribution in [0.1, 0.15) is 26.1 Å². The number of hydrogen-bond donors (Lipinski definition) is 1. The smallest absolute Gasteiger partial charge is 0.307 e. The first-order valence-corrected chi connectivity index (χ1v) is 9.53. The molecule has 3 aromatic rings. The molecule has 0 unspecified atom stereocenters. The van der Waals surface area contributed by atoms with Crippen molar-refractivity contribution in [2.75, 3.05) is 11.4 Å². The van der Waals surface area contributed by atoms with Crippen molar-refractivity contribution < 1.29 is 14.3 Å². The average Bonchev–Trinajstić information content (AvgIpc) is 2.73. The van der Waals surface area contributed by atoms with Gasteiger partial charge in [0.15, 0.2) is 6.10 Å². The number of ether oxygens (including phenoxy) is 1. The second kappa shape index (κ2) is 9.14. The Labute approximate surface area is 168 Å². The minimum absolute atomic E-state index is 0.0103. The van der Waals surface area contributed by atoms with E-state index >= 15 is 0 Å². The maximum absolute atomic E-state index is 12.7. The van der Waals surface area contributed by atoms with Crippen molar-refractivity contribution in [2.45, 2.75) is 32.8 Å². The van der Waals surface area contributed by atoms with Crippen LogP contribution in [0.3, 0.4) is 0 Å². The Hall–Kier alpha value is -3.48. The molecule has 0 aliphatic carbocycles. The summed E-state index contributed by atoms with van der Waals surface area (Å²) in [5.74, 6) is -0.404. The maximum Gasteiger partial charge on any atom is 0.307 e. The van der Waals surface area contributed by atoms with Gasteiger partial charge in [-0.1, -0.05) is 30.3 Å². The molecule has 0 saturated carbocycles. The Morgan fingerprint density at radius 2 is 1.79 bits per heavy atom. The highest BCUT2D eigenvalue weighted by Crippen LogP contribution is 2.15. The number of esters is 1. The maximum atomic E-state index is 12.7. The van der Waals surface area contributed by atoms with Crippen LogP contribution in [0.25, 0.3) is 10.9 Å². The third-order valence-electron chi connectivity index (χ3n) is 4.53. The van der Waals surface area contributed by atoms with Crippen molar-refractivity contribution >= 4 is 28.5 Å². The third kappa shape index (κ3) is 4.87. The monoisotopic (exact) mass is 393 g/mol.